The number of hydrogen-bond donors (Lipinski definition) is 2. The summed E-state index contributed by atoms with van der Waals surface area (Å²) < 4.78 is 0. The van der Waals surface area contributed by atoms with Crippen LogP contribution in [0.15, 0.2) is 10.4 Å². The number of aryl methyl sites for hydroxylation is 2. The number of nitrogens with zero attached hydrogens (tertiary/aromatic N) is 3. The van der Waals surface area contributed by atoms with Crippen molar-refractivity contribution in [2.24, 2.45) is 4.99 Å². The summed E-state index contributed by atoms with van der Waals surface area (Å²) in [7, 11) is 0. The summed E-state index contributed by atoms with van der Waals surface area (Å²) in [5, 5.41) is 9.71. The number of nitrogens with one attached hydrogen (secondary N) is 2. The topological polar surface area (TPSA) is 69.6 Å². The summed E-state index contributed by atoms with van der Waals surface area (Å²) in [4.78, 5) is 22.9. The molecule has 0 aliphatic heterocycles. The molecule has 6 nitrogen and oxygen atoms in total. The zero-order chi connectivity index (χ0) is 17.8. The van der Waals surface area contributed by atoms with Crippen molar-refractivity contribution >= 4 is 23.2 Å². The van der Waals surface area contributed by atoms with E-state index in [1.165, 1.54) is 5.01 Å². The van der Waals surface area contributed by atoms with Crippen LogP contribution in [0.4, 0.5) is 0 Å². The van der Waals surface area contributed by atoms with Crippen LogP contribution in [0.25, 0.3) is 0 Å². The lowest BCUT2D eigenvalue weighted by molar-refractivity contribution is -0.130. The van der Waals surface area contributed by atoms with Crippen molar-refractivity contribution in [2.45, 2.75) is 47.0 Å². The second-order valence-electron chi connectivity index (χ2n) is 5.49. The number of aromatic nitrogens is 1. The van der Waals surface area contributed by atoms with Crippen LogP contribution >= 0.6 is 11.3 Å². The van der Waals surface area contributed by atoms with Gasteiger partial charge in [-0.25, -0.2) is 4.98 Å². The lowest BCUT2D eigenvalue weighted by atomic mass is 10.3. The van der Waals surface area contributed by atoms with Crippen LogP contribution in [0.3, 0.4) is 0 Å². The number of rotatable bonds is 10. The van der Waals surface area contributed by atoms with E-state index in [0.717, 1.165) is 50.7 Å². The third kappa shape index (κ3) is 7.77. The molecule has 2 N–H and O–H groups in total. The van der Waals surface area contributed by atoms with E-state index in [-0.39, 0.29) is 5.91 Å². The fourth-order valence-electron chi connectivity index (χ4n) is 2.30. The molecule has 0 aromatic carbocycles. The molecule has 1 aromatic rings. The van der Waals surface area contributed by atoms with Gasteiger partial charge in [0.1, 0.15) is 0 Å². The van der Waals surface area contributed by atoms with Crippen molar-refractivity contribution in [3.63, 3.8) is 0 Å². The number of hydrogen-bond acceptors (Lipinski definition) is 4. The minimum Gasteiger partial charge on any atom is -0.357 e. The number of thiazole rings is 1. The molecule has 1 heterocycles. The highest BCUT2D eigenvalue weighted by molar-refractivity contribution is 7.09. The van der Waals surface area contributed by atoms with Crippen molar-refractivity contribution in [2.75, 3.05) is 32.7 Å². The molecule has 7 heteroatoms. The molecule has 0 atom stereocenters. The Bertz CT molecular complexity index is 511. The van der Waals surface area contributed by atoms with Gasteiger partial charge in [0, 0.05) is 56.6 Å². The normalized spacial score (nSPS) is 11.4. The second-order valence-corrected chi connectivity index (χ2v) is 6.43. The quantitative estimate of drug-likeness (QED) is 0.384. The van der Waals surface area contributed by atoms with E-state index >= 15 is 0 Å². The maximum atomic E-state index is 12.0. The Morgan fingerprint density at radius 2 is 2.04 bits per heavy atom. The molecule has 0 saturated heterocycles. The first kappa shape index (κ1) is 20.4. The first-order valence-electron chi connectivity index (χ1n) is 8.81. The van der Waals surface area contributed by atoms with E-state index in [4.69, 9.17) is 0 Å². The van der Waals surface area contributed by atoms with E-state index in [9.17, 15) is 4.79 Å². The summed E-state index contributed by atoms with van der Waals surface area (Å²) in [6, 6.07) is 0. The van der Waals surface area contributed by atoms with Gasteiger partial charge in [-0.1, -0.05) is 0 Å². The first-order valence-corrected chi connectivity index (χ1v) is 9.69. The average molecular weight is 354 g/mol. The van der Waals surface area contributed by atoms with Crippen LogP contribution < -0.4 is 10.6 Å². The van der Waals surface area contributed by atoms with Gasteiger partial charge in [-0.05, 0) is 34.1 Å². The van der Waals surface area contributed by atoms with Gasteiger partial charge >= 0.3 is 0 Å². The van der Waals surface area contributed by atoms with E-state index in [0.29, 0.717) is 13.0 Å². The summed E-state index contributed by atoms with van der Waals surface area (Å²) in [6.45, 7) is 11.8. The average Bonchev–Trinajstić information content (AvgIpc) is 2.98. The molecule has 24 heavy (non-hydrogen) atoms. The number of guanidine groups is 1. The lowest BCUT2D eigenvalue weighted by Crippen LogP contribution is -2.40. The lowest BCUT2D eigenvalue weighted by Gasteiger charge is -2.19. The highest BCUT2D eigenvalue weighted by atomic mass is 32.1. The summed E-state index contributed by atoms with van der Waals surface area (Å²) in [5.74, 6) is 0.961. The van der Waals surface area contributed by atoms with Crippen molar-refractivity contribution < 1.29 is 4.79 Å². The van der Waals surface area contributed by atoms with Gasteiger partial charge in [0.25, 0.3) is 0 Å². The van der Waals surface area contributed by atoms with Crippen LogP contribution in [0.1, 0.15) is 44.3 Å². The second kappa shape index (κ2) is 11.8. The molecule has 1 rings (SSSR count). The highest BCUT2D eigenvalue weighted by Crippen LogP contribution is 2.10. The van der Waals surface area contributed by atoms with Crippen molar-refractivity contribution in [3.05, 3.63) is 16.1 Å². The third-order valence-corrected chi connectivity index (χ3v) is 4.60. The fourth-order valence-corrected chi connectivity index (χ4v) is 3.12. The highest BCUT2D eigenvalue weighted by Gasteiger charge is 2.09. The van der Waals surface area contributed by atoms with Crippen molar-refractivity contribution in [1.82, 2.24) is 20.5 Å². The Kier molecular flexibility index (Phi) is 10.1. The Morgan fingerprint density at radius 1 is 1.29 bits per heavy atom. The van der Waals surface area contributed by atoms with Gasteiger partial charge in [0.05, 0.1) is 5.01 Å². The molecule has 0 unspecified atom stereocenters. The molecule has 1 amide bonds. The predicted octanol–water partition coefficient (Wildman–Crippen LogP) is 2.20. The summed E-state index contributed by atoms with van der Waals surface area (Å²) >= 11 is 1.71. The standard InChI is InChI=1S/C17H31N5OS/c1-5-18-17(20-12-10-16(23)22(6-2)7-3)19-11-8-9-15-21-14(4)13-24-15/h13H,5-12H2,1-4H3,(H2,18,19,20). The molecule has 1 aromatic heterocycles. The monoisotopic (exact) mass is 353 g/mol. The van der Waals surface area contributed by atoms with Crippen LogP contribution in [-0.4, -0.2) is 54.5 Å². The van der Waals surface area contributed by atoms with Crippen LogP contribution in [0, 0.1) is 6.92 Å². The minimum absolute atomic E-state index is 0.183. The smallest absolute Gasteiger partial charge is 0.224 e. The molecule has 0 aliphatic carbocycles. The first-order chi connectivity index (χ1) is 11.6. The fraction of sp³-hybridized carbons (Fsp3) is 0.706. The van der Waals surface area contributed by atoms with Gasteiger partial charge in [-0.3, -0.25) is 9.79 Å². The molecule has 0 bridgehead atoms. The van der Waals surface area contributed by atoms with Gasteiger partial charge < -0.3 is 15.5 Å². The van der Waals surface area contributed by atoms with E-state index < -0.39 is 0 Å². The number of aliphatic imine (C=N–C) groups is 1. The molecular weight excluding hydrogens is 322 g/mol. The van der Waals surface area contributed by atoms with E-state index in [2.05, 4.69) is 26.0 Å². The molecule has 0 fully saturated rings. The van der Waals surface area contributed by atoms with E-state index in [1.807, 2.05) is 32.6 Å². The number of carbonyl (C=O) groups is 1. The Hall–Kier alpha value is -1.63. The largest absolute Gasteiger partial charge is 0.357 e. The SMILES string of the molecule is CCNC(=NCCCc1nc(C)cs1)NCCC(=O)N(CC)CC. The zero-order valence-corrected chi connectivity index (χ0v) is 16.2. The summed E-state index contributed by atoms with van der Waals surface area (Å²) in [5.41, 5.74) is 1.09. The Balaban J connectivity index is 2.32. The molecule has 0 aliphatic rings. The third-order valence-electron chi connectivity index (χ3n) is 3.58. The molecule has 0 saturated carbocycles. The maximum Gasteiger partial charge on any atom is 0.224 e. The van der Waals surface area contributed by atoms with Gasteiger partial charge in [-0.2, -0.15) is 0 Å². The number of carbonyl (C=O) groups excluding carboxylic acids is 1. The Morgan fingerprint density at radius 3 is 2.62 bits per heavy atom. The van der Waals surface area contributed by atoms with Crippen molar-refractivity contribution in [1.29, 1.82) is 0 Å². The van der Waals surface area contributed by atoms with Gasteiger partial charge in [-0.15, -0.1) is 11.3 Å². The predicted molar refractivity (Wildman–Crippen MR) is 102 cm³/mol. The van der Waals surface area contributed by atoms with Gasteiger partial charge in [0.15, 0.2) is 5.96 Å². The molecule has 136 valence electrons. The minimum atomic E-state index is 0.183. The van der Waals surface area contributed by atoms with Crippen LogP contribution in [0.2, 0.25) is 0 Å². The summed E-state index contributed by atoms with van der Waals surface area (Å²) in [6.07, 6.45) is 2.42. The van der Waals surface area contributed by atoms with Crippen LogP contribution in [-0.2, 0) is 11.2 Å². The maximum absolute atomic E-state index is 12.0. The molecule has 0 radical (unpaired) electrons. The molecular formula is C17H31N5OS. The number of amides is 1. The van der Waals surface area contributed by atoms with Gasteiger partial charge in [0.2, 0.25) is 5.91 Å². The van der Waals surface area contributed by atoms with E-state index in [1.54, 1.807) is 11.3 Å². The van der Waals surface area contributed by atoms with Crippen LogP contribution in [0.5, 0.6) is 0 Å². The molecule has 0 spiro atoms. The Labute approximate surface area is 149 Å². The zero-order valence-electron chi connectivity index (χ0n) is 15.4. The van der Waals surface area contributed by atoms with Crippen molar-refractivity contribution in [3.8, 4) is 0 Å².